The topological polar surface area (TPSA) is 176 Å². The number of amides is 2. The summed E-state index contributed by atoms with van der Waals surface area (Å²) in [6.45, 7) is 0.685. The molecular formula is C29H37FN10O3. The van der Waals surface area contributed by atoms with E-state index in [-0.39, 0.29) is 48.3 Å². The second-order valence-corrected chi connectivity index (χ2v) is 9.59. The normalized spacial score (nSPS) is 12.2. The van der Waals surface area contributed by atoms with E-state index >= 15 is 0 Å². The molecule has 13 nitrogen and oxygen atoms in total. The van der Waals surface area contributed by atoms with Crippen molar-refractivity contribution in [1.29, 1.82) is 0 Å². The van der Waals surface area contributed by atoms with Crippen molar-refractivity contribution in [3.63, 3.8) is 0 Å². The lowest BCUT2D eigenvalue weighted by molar-refractivity contribution is -0.120. The Balaban J connectivity index is 0.000000436. The fourth-order valence-electron chi connectivity index (χ4n) is 3.77. The van der Waals surface area contributed by atoms with Crippen molar-refractivity contribution in [3.8, 4) is 23.0 Å². The molecule has 0 unspecified atom stereocenters. The number of hydrogen-bond acceptors (Lipinski definition) is 9. The molecule has 228 valence electrons. The standard InChI is InChI=1S/C16H14FN5O.C13H15N5O2.4H2/c17-12-6-2-1-5-11(12)8-9-14(23)19-16-20-15(21-22-16)13-7-3-4-10-18-13;19-11(8-20-7-9-4-5-9)15-13-16-12(17-18-13)10-3-1-2-6-14-10;;;;/h1-7,10H,8-9H2,(H2,19,20,21,22,23);1-3,6,9H,4-5,7-8H2,(H2,15,16,17,18,19);4*1H. The highest BCUT2D eigenvalue weighted by Crippen LogP contribution is 2.28. The fraction of sp³-hybridized carbons (Fsp3) is 0.241. The molecule has 2 amide bonds. The van der Waals surface area contributed by atoms with Crippen LogP contribution in [-0.2, 0) is 20.7 Å². The number of aryl methyl sites for hydroxylation is 1. The van der Waals surface area contributed by atoms with Gasteiger partial charge in [-0.2, -0.15) is 9.97 Å². The highest BCUT2D eigenvalue weighted by Gasteiger charge is 2.21. The first kappa shape index (κ1) is 29.1. The number of halogens is 1. The molecule has 4 N–H and O–H groups in total. The van der Waals surface area contributed by atoms with Crippen molar-refractivity contribution in [2.24, 2.45) is 5.92 Å². The lowest BCUT2D eigenvalue weighted by Crippen LogP contribution is -2.19. The molecule has 6 rings (SSSR count). The zero-order chi connectivity index (χ0) is 29.9. The van der Waals surface area contributed by atoms with Gasteiger partial charge in [0.1, 0.15) is 23.8 Å². The van der Waals surface area contributed by atoms with Crippen LogP contribution < -0.4 is 10.6 Å². The number of benzene rings is 1. The van der Waals surface area contributed by atoms with Crippen LogP contribution in [0.2, 0.25) is 0 Å². The van der Waals surface area contributed by atoms with E-state index in [1.807, 2.05) is 24.3 Å². The van der Waals surface area contributed by atoms with Gasteiger partial charge in [0, 0.05) is 24.5 Å². The van der Waals surface area contributed by atoms with Crippen LogP contribution in [0.15, 0.2) is 73.1 Å². The molecule has 14 heteroatoms. The number of ether oxygens (including phenoxy) is 1. The first-order chi connectivity index (χ1) is 21.0. The van der Waals surface area contributed by atoms with Crippen LogP contribution >= 0.6 is 0 Å². The molecule has 1 aliphatic rings. The van der Waals surface area contributed by atoms with Gasteiger partial charge < -0.3 is 4.74 Å². The van der Waals surface area contributed by atoms with Crippen molar-refractivity contribution in [3.05, 3.63) is 84.4 Å². The van der Waals surface area contributed by atoms with Crippen LogP contribution in [0, 0.1) is 11.7 Å². The van der Waals surface area contributed by atoms with Gasteiger partial charge in [0.15, 0.2) is 11.6 Å². The summed E-state index contributed by atoms with van der Waals surface area (Å²) in [7, 11) is 0. The Bertz CT molecular complexity index is 1640. The van der Waals surface area contributed by atoms with E-state index in [1.165, 1.54) is 18.9 Å². The van der Waals surface area contributed by atoms with Crippen molar-refractivity contribution in [1.82, 2.24) is 40.3 Å². The maximum atomic E-state index is 13.5. The third kappa shape index (κ3) is 9.06. The van der Waals surface area contributed by atoms with E-state index in [0.717, 1.165) is 0 Å². The van der Waals surface area contributed by atoms with Crippen LogP contribution in [0.1, 0.15) is 30.5 Å². The molecule has 1 saturated carbocycles. The maximum absolute atomic E-state index is 13.5. The molecule has 5 aromatic rings. The van der Waals surface area contributed by atoms with Crippen LogP contribution in [0.5, 0.6) is 0 Å². The summed E-state index contributed by atoms with van der Waals surface area (Å²) in [6, 6.07) is 17.3. The Labute approximate surface area is 251 Å². The molecule has 0 aliphatic heterocycles. The quantitative estimate of drug-likeness (QED) is 0.168. The number of H-pyrrole nitrogens is 2. The van der Waals surface area contributed by atoms with Crippen molar-refractivity contribution < 1.29 is 24.4 Å². The minimum Gasteiger partial charge on any atom is -0.371 e. The third-order valence-corrected chi connectivity index (χ3v) is 6.15. The molecule has 1 aliphatic carbocycles. The number of anilines is 2. The highest BCUT2D eigenvalue weighted by atomic mass is 19.1. The number of rotatable bonds is 11. The second kappa shape index (κ2) is 14.5. The number of nitrogens with one attached hydrogen (secondary N) is 4. The maximum Gasteiger partial charge on any atom is 0.252 e. The first-order valence-corrected chi connectivity index (χ1v) is 13.6. The lowest BCUT2D eigenvalue weighted by Gasteiger charge is -2.02. The van der Waals surface area contributed by atoms with E-state index in [4.69, 9.17) is 4.74 Å². The number of aromatic amines is 2. The Hall–Kier alpha value is -5.37. The van der Waals surface area contributed by atoms with E-state index in [9.17, 15) is 14.0 Å². The molecule has 4 aromatic heterocycles. The first-order valence-electron chi connectivity index (χ1n) is 13.6. The SMILES string of the molecule is O=C(CCc1ccccc1F)Nc1n[nH]c(-c2ccccn2)n1.O=C(COCC1CC1)Nc1n[nH]c(-c2ccccn2)n1.[HH].[HH].[HH].[HH]. The molecule has 0 saturated heterocycles. The Morgan fingerprint density at radius 2 is 1.42 bits per heavy atom. The minimum atomic E-state index is -0.310. The van der Waals surface area contributed by atoms with E-state index in [1.54, 1.807) is 42.7 Å². The summed E-state index contributed by atoms with van der Waals surface area (Å²) < 4.78 is 18.8. The summed E-state index contributed by atoms with van der Waals surface area (Å²) in [6.07, 6.45) is 6.18. The number of carbonyl (C=O) groups excluding carboxylic acids is 2. The summed E-state index contributed by atoms with van der Waals surface area (Å²) in [5, 5.41) is 18.5. The number of hydrogen-bond donors (Lipinski definition) is 4. The van der Waals surface area contributed by atoms with Gasteiger partial charge >= 0.3 is 0 Å². The van der Waals surface area contributed by atoms with Gasteiger partial charge in [0.05, 0.1) is 6.61 Å². The van der Waals surface area contributed by atoms with E-state index < -0.39 is 0 Å². The number of carbonyl (C=O) groups is 2. The Morgan fingerprint density at radius 3 is 1.98 bits per heavy atom. The molecule has 1 fully saturated rings. The summed E-state index contributed by atoms with van der Waals surface area (Å²) in [5.74, 6) is 1.18. The van der Waals surface area contributed by atoms with Gasteiger partial charge in [0.25, 0.3) is 5.91 Å². The smallest absolute Gasteiger partial charge is 0.252 e. The molecule has 43 heavy (non-hydrogen) atoms. The number of pyridine rings is 2. The van der Waals surface area contributed by atoms with Gasteiger partial charge in [-0.25, -0.2) is 4.39 Å². The molecule has 0 radical (unpaired) electrons. The van der Waals surface area contributed by atoms with Crippen molar-refractivity contribution in [2.45, 2.75) is 25.7 Å². The molecule has 0 atom stereocenters. The fourth-order valence-corrected chi connectivity index (χ4v) is 3.77. The van der Waals surface area contributed by atoms with Gasteiger partial charge in [0.2, 0.25) is 17.8 Å². The highest BCUT2D eigenvalue weighted by molar-refractivity contribution is 5.90. The number of nitrogens with zero attached hydrogens (tertiary/aromatic N) is 6. The van der Waals surface area contributed by atoms with Crippen molar-refractivity contribution in [2.75, 3.05) is 23.8 Å². The summed E-state index contributed by atoms with van der Waals surface area (Å²) >= 11 is 0. The average Bonchev–Trinajstić information content (AvgIpc) is 3.53. The predicted octanol–water partition coefficient (Wildman–Crippen LogP) is 4.79. The average molecular weight is 593 g/mol. The van der Waals surface area contributed by atoms with Crippen LogP contribution in [0.25, 0.3) is 23.0 Å². The Morgan fingerprint density at radius 1 is 0.837 bits per heavy atom. The molecule has 0 spiro atoms. The largest absolute Gasteiger partial charge is 0.371 e. The zero-order valence-electron chi connectivity index (χ0n) is 23.0. The second-order valence-electron chi connectivity index (χ2n) is 9.59. The zero-order valence-corrected chi connectivity index (χ0v) is 23.0. The molecule has 0 bridgehead atoms. The van der Waals surface area contributed by atoms with Gasteiger partial charge in [-0.05, 0) is 61.1 Å². The van der Waals surface area contributed by atoms with Gasteiger partial charge in [-0.3, -0.25) is 40.4 Å². The Kier molecular flexibility index (Phi) is 9.82. The summed E-state index contributed by atoms with van der Waals surface area (Å²) in [5.41, 5.74) is 1.81. The molecule has 1 aromatic carbocycles. The van der Waals surface area contributed by atoms with Crippen molar-refractivity contribution >= 4 is 23.7 Å². The van der Waals surface area contributed by atoms with Gasteiger partial charge in [-0.1, -0.05) is 30.3 Å². The van der Waals surface area contributed by atoms with Crippen LogP contribution in [0.4, 0.5) is 16.3 Å². The van der Waals surface area contributed by atoms with E-state index in [2.05, 4.69) is 51.0 Å². The predicted molar refractivity (Wildman–Crippen MR) is 163 cm³/mol. The summed E-state index contributed by atoms with van der Waals surface area (Å²) in [4.78, 5) is 40.1. The van der Waals surface area contributed by atoms with Crippen LogP contribution in [-0.4, -0.2) is 65.4 Å². The third-order valence-electron chi connectivity index (χ3n) is 6.15. The van der Waals surface area contributed by atoms with Gasteiger partial charge in [-0.15, -0.1) is 10.2 Å². The van der Waals surface area contributed by atoms with Crippen LogP contribution in [0.3, 0.4) is 0 Å². The lowest BCUT2D eigenvalue weighted by atomic mass is 10.1. The number of aromatic nitrogens is 8. The van der Waals surface area contributed by atoms with E-state index in [0.29, 0.717) is 47.5 Å². The minimum absolute atomic E-state index is 0. The molecular weight excluding hydrogens is 555 g/mol. The molecule has 4 heterocycles. The monoisotopic (exact) mass is 592 g/mol.